The Labute approximate surface area is 104 Å². The van der Waals surface area contributed by atoms with Crippen LogP contribution in [0.1, 0.15) is 18.5 Å². The van der Waals surface area contributed by atoms with Crippen molar-refractivity contribution in [2.45, 2.75) is 13.0 Å². The van der Waals surface area contributed by atoms with Crippen molar-refractivity contribution < 1.29 is 9.13 Å². The molecule has 0 amide bonds. The Bertz CT molecular complexity index is 394. The molecule has 0 spiro atoms. The van der Waals surface area contributed by atoms with Crippen LogP contribution in [-0.4, -0.2) is 6.61 Å². The Morgan fingerprint density at radius 1 is 1.62 bits per heavy atom. The molecular formula is C11H12Cl2FNO. The molecule has 1 rings (SSSR count). The van der Waals surface area contributed by atoms with Gasteiger partial charge in [-0.1, -0.05) is 29.3 Å². The first kappa shape index (κ1) is 13.3. The highest BCUT2D eigenvalue weighted by atomic mass is 35.5. The quantitative estimate of drug-likeness (QED) is 0.902. The zero-order valence-electron chi connectivity index (χ0n) is 8.71. The molecule has 1 aromatic rings. The molecule has 0 fully saturated rings. The van der Waals surface area contributed by atoms with Crippen LogP contribution in [0.2, 0.25) is 0 Å². The summed E-state index contributed by atoms with van der Waals surface area (Å²) in [5, 5.41) is 0.335. The van der Waals surface area contributed by atoms with Gasteiger partial charge in [0.05, 0.1) is 5.03 Å². The predicted octanol–water partition coefficient (Wildman–Crippen LogP) is 3.54. The third-order valence-corrected chi connectivity index (χ3v) is 2.54. The van der Waals surface area contributed by atoms with Crippen LogP contribution in [0, 0.1) is 5.82 Å². The molecule has 16 heavy (non-hydrogen) atoms. The van der Waals surface area contributed by atoms with Gasteiger partial charge in [-0.05, 0) is 13.0 Å². The van der Waals surface area contributed by atoms with Gasteiger partial charge in [-0.15, -0.1) is 0 Å². The summed E-state index contributed by atoms with van der Waals surface area (Å²) in [5.41, 5.74) is 7.65. The second kappa shape index (κ2) is 6.09. The smallest absolute Gasteiger partial charge is 0.127 e. The van der Waals surface area contributed by atoms with Gasteiger partial charge in [0.15, 0.2) is 0 Å². The van der Waals surface area contributed by atoms with Gasteiger partial charge in [0, 0.05) is 23.2 Å². The van der Waals surface area contributed by atoms with E-state index in [2.05, 4.69) is 0 Å². The van der Waals surface area contributed by atoms with Crippen LogP contribution in [-0.2, 0) is 0 Å². The monoisotopic (exact) mass is 263 g/mol. The maximum Gasteiger partial charge on any atom is 0.127 e. The van der Waals surface area contributed by atoms with Crippen LogP contribution >= 0.6 is 23.2 Å². The van der Waals surface area contributed by atoms with Crippen LogP contribution in [0.15, 0.2) is 28.8 Å². The molecule has 0 aromatic heterocycles. The number of ether oxygens (including phenoxy) is 1. The number of nitrogens with two attached hydrogens (primary N) is 1. The van der Waals surface area contributed by atoms with Gasteiger partial charge in [-0.2, -0.15) is 0 Å². The molecule has 0 aliphatic heterocycles. The fraction of sp³-hybridized carbons (Fsp3) is 0.273. The highest BCUT2D eigenvalue weighted by Gasteiger charge is 2.09. The third kappa shape index (κ3) is 3.67. The molecule has 5 heteroatoms. The maximum atomic E-state index is 13.0. The van der Waals surface area contributed by atoms with Gasteiger partial charge >= 0.3 is 0 Å². The first-order chi connectivity index (χ1) is 7.54. The number of benzene rings is 1. The van der Waals surface area contributed by atoms with Crippen molar-refractivity contribution in [1.82, 2.24) is 0 Å². The molecule has 1 atom stereocenters. The van der Waals surface area contributed by atoms with Crippen LogP contribution in [0.5, 0.6) is 5.75 Å². The fourth-order valence-electron chi connectivity index (χ4n) is 1.19. The molecule has 0 saturated heterocycles. The van der Waals surface area contributed by atoms with Gasteiger partial charge in [0.25, 0.3) is 0 Å². The van der Waals surface area contributed by atoms with E-state index < -0.39 is 0 Å². The first-order valence-electron chi connectivity index (χ1n) is 4.67. The molecule has 0 aliphatic rings. The van der Waals surface area contributed by atoms with Crippen molar-refractivity contribution in [3.05, 3.63) is 40.1 Å². The number of hydrogen-bond acceptors (Lipinski definition) is 2. The van der Waals surface area contributed by atoms with Crippen molar-refractivity contribution >= 4 is 23.2 Å². The lowest BCUT2D eigenvalue weighted by molar-refractivity contribution is 0.351. The van der Waals surface area contributed by atoms with Crippen molar-refractivity contribution in [1.29, 1.82) is 0 Å². The summed E-state index contributed by atoms with van der Waals surface area (Å²) in [6.45, 7) is 1.88. The molecule has 2 nitrogen and oxygen atoms in total. The van der Waals surface area contributed by atoms with Gasteiger partial charge in [0.1, 0.15) is 18.2 Å². The minimum atomic E-state index is -0.384. The molecule has 0 aliphatic carbocycles. The average Bonchev–Trinajstić information content (AvgIpc) is 2.25. The van der Waals surface area contributed by atoms with E-state index in [1.807, 2.05) is 0 Å². The highest BCUT2D eigenvalue weighted by Crippen LogP contribution is 2.25. The van der Waals surface area contributed by atoms with Crippen LogP contribution in [0.25, 0.3) is 0 Å². The van der Waals surface area contributed by atoms with Crippen molar-refractivity contribution in [3.63, 3.8) is 0 Å². The number of hydrogen-bond donors (Lipinski definition) is 1. The SMILES string of the molecule is CC(N)c1ccc(F)cc1OCC(Cl)=CCl. The first-order valence-corrected chi connectivity index (χ1v) is 5.48. The van der Waals surface area contributed by atoms with E-state index in [1.54, 1.807) is 13.0 Å². The van der Waals surface area contributed by atoms with E-state index in [4.69, 9.17) is 33.7 Å². The second-order valence-electron chi connectivity index (χ2n) is 3.32. The predicted molar refractivity (Wildman–Crippen MR) is 64.3 cm³/mol. The molecule has 1 aromatic carbocycles. The summed E-state index contributed by atoms with van der Waals surface area (Å²) < 4.78 is 18.3. The molecule has 0 saturated carbocycles. The van der Waals surface area contributed by atoms with Crippen LogP contribution in [0.3, 0.4) is 0 Å². The lowest BCUT2D eigenvalue weighted by atomic mass is 10.1. The van der Waals surface area contributed by atoms with Crippen LogP contribution < -0.4 is 10.5 Å². The molecule has 2 N–H and O–H groups in total. The Balaban J connectivity index is 2.88. The number of halogens is 3. The topological polar surface area (TPSA) is 35.2 Å². The van der Waals surface area contributed by atoms with E-state index in [-0.39, 0.29) is 18.5 Å². The normalized spacial score (nSPS) is 13.7. The Hall–Kier alpha value is -0.770. The molecule has 88 valence electrons. The minimum Gasteiger partial charge on any atom is -0.488 e. The van der Waals surface area contributed by atoms with Gasteiger partial charge in [-0.3, -0.25) is 0 Å². The summed E-state index contributed by atoms with van der Waals surface area (Å²) >= 11 is 11.0. The average molecular weight is 264 g/mol. The summed E-state index contributed by atoms with van der Waals surface area (Å²) in [4.78, 5) is 0. The Kier molecular flexibility index (Phi) is 5.06. The largest absolute Gasteiger partial charge is 0.488 e. The van der Waals surface area contributed by atoms with Gasteiger partial charge in [-0.25, -0.2) is 4.39 Å². The Morgan fingerprint density at radius 3 is 2.88 bits per heavy atom. The fourth-order valence-corrected chi connectivity index (χ4v) is 1.31. The summed E-state index contributed by atoms with van der Waals surface area (Å²) in [6, 6.07) is 3.96. The Morgan fingerprint density at radius 2 is 2.31 bits per heavy atom. The van der Waals surface area contributed by atoms with Crippen molar-refractivity contribution in [2.75, 3.05) is 6.61 Å². The minimum absolute atomic E-state index is 0.0915. The summed E-state index contributed by atoms with van der Waals surface area (Å²) in [5.74, 6) is -0.00274. The second-order valence-corrected chi connectivity index (χ2v) is 4.02. The molecule has 0 heterocycles. The van der Waals surface area contributed by atoms with E-state index >= 15 is 0 Å². The molecule has 0 radical (unpaired) electrons. The molecule has 0 bridgehead atoms. The van der Waals surface area contributed by atoms with Crippen LogP contribution in [0.4, 0.5) is 4.39 Å². The summed E-state index contributed by atoms with van der Waals surface area (Å²) in [7, 11) is 0. The van der Waals surface area contributed by atoms with E-state index in [0.717, 1.165) is 5.56 Å². The standard InChI is InChI=1S/C11H12Cl2FNO/c1-7(15)10-3-2-9(14)4-11(10)16-6-8(13)5-12/h2-5,7H,6,15H2,1H3. The van der Waals surface area contributed by atoms with E-state index in [1.165, 1.54) is 17.7 Å². The van der Waals surface area contributed by atoms with Gasteiger partial charge < -0.3 is 10.5 Å². The van der Waals surface area contributed by atoms with E-state index in [9.17, 15) is 4.39 Å². The lowest BCUT2D eigenvalue weighted by Gasteiger charge is -2.13. The maximum absolute atomic E-state index is 13.0. The van der Waals surface area contributed by atoms with Gasteiger partial charge in [0.2, 0.25) is 0 Å². The molecule has 1 unspecified atom stereocenters. The third-order valence-electron chi connectivity index (χ3n) is 1.95. The van der Waals surface area contributed by atoms with Crippen molar-refractivity contribution in [3.8, 4) is 5.75 Å². The van der Waals surface area contributed by atoms with Crippen molar-refractivity contribution in [2.24, 2.45) is 5.73 Å². The summed E-state index contributed by atoms with van der Waals surface area (Å²) in [6.07, 6.45) is 0. The zero-order valence-corrected chi connectivity index (χ0v) is 10.2. The molecular weight excluding hydrogens is 252 g/mol. The zero-order chi connectivity index (χ0) is 12.1. The highest BCUT2D eigenvalue weighted by molar-refractivity contribution is 6.36. The lowest BCUT2D eigenvalue weighted by Crippen LogP contribution is -2.09. The van der Waals surface area contributed by atoms with E-state index in [0.29, 0.717) is 10.8 Å². The number of rotatable bonds is 4.